The molecular formula is C25H32FN5O10P2. The highest BCUT2D eigenvalue weighted by Gasteiger charge is 2.34. The maximum atomic E-state index is 15.0. The molecule has 4 amide bonds. The van der Waals surface area contributed by atoms with Crippen molar-refractivity contribution in [3.05, 3.63) is 53.8 Å². The second-order valence-corrected chi connectivity index (χ2v) is 13.6. The Kier molecular flexibility index (Phi) is 10.4. The van der Waals surface area contributed by atoms with Crippen molar-refractivity contribution in [3.8, 4) is 0 Å². The van der Waals surface area contributed by atoms with E-state index in [2.05, 4.69) is 10.6 Å². The van der Waals surface area contributed by atoms with Crippen LogP contribution in [0.1, 0.15) is 5.56 Å². The molecule has 18 heteroatoms. The normalized spacial score (nSPS) is 18.7. The Labute approximate surface area is 246 Å². The van der Waals surface area contributed by atoms with Crippen LogP contribution in [0.5, 0.6) is 0 Å². The van der Waals surface area contributed by atoms with Crippen molar-refractivity contribution < 1.29 is 52.4 Å². The molecule has 2 heterocycles. The van der Waals surface area contributed by atoms with Gasteiger partial charge in [0.05, 0.1) is 24.5 Å². The Morgan fingerprint density at radius 3 is 2.37 bits per heavy atom. The summed E-state index contributed by atoms with van der Waals surface area (Å²) in [6, 6.07) is 9.57. The number of hydrogen-bond acceptors (Lipinski definition) is 8. The summed E-state index contributed by atoms with van der Waals surface area (Å²) in [7, 11) is -8.25. The SMILES string of the molecule is O=C(NC[C@H]1CN(c2ccc(N3CCN(C(=O)CO)CC3)c(F)c2)C(=O)O1)Nc1ccc(CC([PH](=O)O)P(=O)(O)O)cc1. The Morgan fingerprint density at radius 2 is 1.79 bits per heavy atom. The third kappa shape index (κ3) is 8.31. The van der Waals surface area contributed by atoms with Gasteiger partial charge in [-0.15, -0.1) is 0 Å². The molecule has 43 heavy (non-hydrogen) atoms. The molecule has 6 N–H and O–H groups in total. The number of benzene rings is 2. The van der Waals surface area contributed by atoms with Gasteiger partial charge in [0.25, 0.3) is 0 Å². The number of aliphatic hydroxyl groups excluding tert-OH is 1. The molecule has 2 aromatic carbocycles. The third-order valence-corrected chi connectivity index (χ3v) is 10.5. The van der Waals surface area contributed by atoms with Crippen molar-refractivity contribution in [2.24, 2.45) is 0 Å². The number of aliphatic hydroxyl groups is 1. The van der Waals surface area contributed by atoms with Crippen LogP contribution in [0, 0.1) is 5.82 Å². The molecule has 2 aliphatic rings. The van der Waals surface area contributed by atoms with Gasteiger partial charge in [-0.2, -0.15) is 0 Å². The van der Waals surface area contributed by atoms with Crippen LogP contribution in [0.25, 0.3) is 0 Å². The molecule has 0 aliphatic carbocycles. The number of nitrogens with zero attached hydrogens (tertiary/aromatic N) is 3. The second kappa shape index (κ2) is 13.8. The van der Waals surface area contributed by atoms with E-state index in [4.69, 9.17) is 9.84 Å². The summed E-state index contributed by atoms with van der Waals surface area (Å²) in [6.07, 6.45) is -1.73. The lowest BCUT2D eigenvalue weighted by molar-refractivity contribution is -0.134. The molecule has 2 aliphatic heterocycles. The Balaban J connectivity index is 1.26. The molecule has 15 nitrogen and oxygen atoms in total. The second-order valence-electron chi connectivity index (χ2n) is 9.96. The third-order valence-electron chi connectivity index (χ3n) is 7.05. The van der Waals surface area contributed by atoms with Gasteiger partial charge in [0.15, 0.2) is 0 Å². The number of halogens is 1. The van der Waals surface area contributed by atoms with Crippen LogP contribution in [0.2, 0.25) is 0 Å². The summed E-state index contributed by atoms with van der Waals surface area (Å²) in [4.78, 5) is 68.8. The van der Waals surface area contributed by atoms with Crippen LogP contribution in [0.3, 0.4) is 0 Å². The van der Waals surface area contributed by atoms with Crippen molar-refractivity contribution in [1.82, 2.24) is 10.2 Å². The fourth-order valence-electron chi connectivity index (χ4n) is 4.73. The van der Waals surface area contributed by atoms with Crippen LogP contribution in [0.15, 0.2) is 42.5 Å². The van der Waals surface area contributed by atoms with E-state index < -0.39 is 51.7 Å². The number of cyclic esters (lactones) is 1. The maximum absolute atomic E-state index is 15.0. The van der Waals surface area contributed by atoms with Gasteiger partial charge in [0.2, 0.25) is 13.9 Å². The van der Waals surface area contributed by atoms with Crippen LogP contribution >= 0.6 is 15.6 Å². The quantitative estimate of drug-likeness (QED) is 0.202. The van der Waals surface area contributed by atoms with Crippen LogP contribution in [0.4, 0.5) is 31.0 Å². The lowest BCUT2D eigenvalue weighted by Gasteiger charge is -2.36. The zero-order valence-corrected chi connectivity index (χ0v) is 24.7. The number of hydrogen-bond donors (Lipinski definition) is 6. The number of amides is 4. The van der Waals surface area contributed by atoms with E-state index in [9.17, 15) is 38.2 Å². The molecule has 0 aromatic heterocycles. The fraction of sp³-hybridized carbons (Fsp3) is 0.400. The smallest absolute Gasteiger partial charge is 0.414 e. The summed E-state index contributed by atoms with van der Waals surface area (Å²) >= 11 is 0. The zero-order valence-electron chi connectivity index (χ0n) is 22.8. The standard InChI is InChI=1S/C25H32FN5O10P2/c26-20-12-18(5-6-21(20)29-7-9-30(10-8-29)22(33)15-32)31-14-19(41-25(31)35)13-27-24(34)28-17-3-1-16(2-4-17)11-23(42(36)37)43(38,39)40/h1-6,12,19,23,32,42H,7-11,13-15H2,(H,36,37)(H2,27,28,34)(H2,38,39,40)/t19-,23?/m0/s1. The Morgan fingerprint density at radius 1 is 1.12 bits per heavy atom. The number of ether oxygens (including phenoxy) is 1. The van der Waals surface area contributed by atoms with Crippen molar-refractivity contribution in [3.63, 3.8) is 0 Å². The number of anilines is 3. The van der Waals surface area contributed by atoms with Gasteiger partial charge < -0.3 is 45.0 Å². The Bertz CT molecular complexity index is 1420. The topological polar surface area (TPSA) is 209 Å². The highest BCUT2D eigenvalue weighted by molar-refractivity contribution is 7.65. The summed E-state index contributed by atoms with van der Waals surface area (Å²) in [5.41, 5.74) is 1.33. The monoisotopic (exact) mass is 643 g/mol. The molecular weight excluding hydrogens is 611 g/mol. The average molecular weight is 644 g/mol. The fourth-order valence-corrected chi connectivity index (χ4v) is 6.74. The van der Waals surface area contributed by atoms with E-state index in [1.807, 2.05) is 0 Å². The molecule has 2 unspecified atom stereocenters. The average Bonchev–Trinajstić information content (AvgIpc) is 3.34. The van der Waals surface area contributed by atoms with Gasteiger partial charge in [0, 0.05) is 31.9 Å². The molecule has 0 saturated carbocycles. The maximum Gasteiger partial charge on any atom is 0.414 e. The van der Waals surface area contributed by atoms with Gasteiger partial charge in [-0.3, -0.25) is 18.8 Å². The molecule has 234 valence electrons. The van der Waals surface area contributed by atoms with E-state index in [0.29, 0.717) is 43.1 Å². The molecule has 0 bridgehead atoms. The summed E-state index contributed by atoms with van der Waals surface area (Å²) in [5.74, 6) is -0.933. The molecule has 2 saturated heterocycles. The summed E-state index contributed by atoms with van der Waals surface area (Å²) in [5, 5.41) is 12.4. The largest absolute Gasteiger partial charge is 0.442 e. The molecule has 0 radical (unpaired) electrons. The first-order valence-corrected chi connectivity index (χ1v) is 16.3. The number of rotatable bonds is 10. The minimum Gasteiger partial charge on any atom is -0.442 e. The number of carbonyl (C=O) groups excluding carboxylic acids is 3. The van der Waals surface area contributed by atoms with E-state index in [0.717, 1.165) is 0 Å². The van der Waals surface area contributed by atoms with Crippen LogP contribution in [-0.2, 0) is 25.1 Å². The van der Waals surface area contributed by atoms with Gasteiger partial charge in [-0.25, -0.2) is 14.0 Å². The first kappa shape index (κ1) is 32.4. The summed E-state index contributed by atoms with van der Waals surface area (Å²) in [6.45, 7) is 0.910. The van der Waals surface area contributed by atoms with Crippen LogP contribution in [-0.4, -0.2) is 100 Å². The number of carbonyl (C=O) groups is 3. The molecule has 3 atom stereocenters. The van der Waals surface area contributed by atoms with Gasteiger partial charge in [-0.05, 0) is 42.3 Å². The minimum absolute atomic E-state index is 0.0433. The summed E-state index contributed by atoms with van der Waals surface area (Å²) < 4.78 is 43.1. The molecule has 2 fully saturated rings. The van der Waals surface area contributed by atoms with Gasteiger partial charge in [-0.1, -0.05) is 12.1 Å². The van der Waals surface area contributed by atoms with Gasteiger partial charge in [0.1, 0.15) is 23.9 Å². The van der Waals surface area contributed by atoms with E-state index in [1.54, 1.807) is 17.0 Å². The number of nitrogens with one attached hydrogen (secondary N) is 2. The Hall–Kier alpha value is -3.52. The molecule has 2 aromatic rings. The number of urea groups is 1. The number of piperazine rings is 1. The molecule has 0 spiro atoms. The predicted octanol–water partition coefficient (Wildman–Crippen LogP) is 1.13. The van der Waals surface area contributed by atoms with E-state index in [-0.39, 0.29) is 31.1 Å². The lowest BCUT2D eigenvalue weighted by Crippen LogP contribution is -2.49. The van der Waals surface area contributed by atoms with E-state index >= 15 is 4.39 Å². The van der Waals surface area contributed by atoms with Crippen LogP contribution < -0.4 is 20.4 Å². The minimum atomic E-state index is -4.77. The first-order valence-electron chi connectivity index (χ1n) is 13.2. The first-order chi connectivity index (χ1) is 20.3. The van der Waals surface area contributed by atoms with Crippen molar-refractivity contribution in [2.45, 2.75) is 17.9 Å². The molecule has 4 rings (SSSR count). The van der Waals surface area contributed by atoms with Crippen molar-refractivity contribution in [1.29, 1.82) is 0 Å². The highest BCUT2D eigenvalue weighted by atomic mass is 31.2. The zero-order chi connectivity index (χ0) is 31.3. The highest BCUT2D eigenvalue weighted by Crippen LogP contribution is 2.53. The lowest BCUT2D eigenvalue weighted by atomic mass is 10.1. The van der Waals surface area contributed by atoms with E-state index in [1.165, 1.54) is 40.1 Å². The van der Waals surface area contributed by atoms with Gasteiger partial charge >= 0.3 is 19.7 Å². The van der Waals surface area contributed by atoms with Crippen molar-refractivity contribution in [2.75, 3.05) is 61.0 Å². The predicted molar refractivity (Wildman–Crippen MR) is 154 cm³/mol. The van der Waals surface area contributed by atoms with Crippen molar-refractivity contribution >= 4 is 50.7 Å².